The van der Waals surface area contributed by atoms with Crippen molar-refractivity contribution in [2.24, 2.45) is 5.92 Å². The molecule has 1 saturated carbocycles. The van der Waals surface area contributed by atoms with E-state index in [9.17, 15) is 4.79 Å². The molecule has 0 unspecified atom stereocenters. The van der Waals surface area contributed by atoms with Crippen LogP contribution in [0.15, 0.2) is 29.8 Å². The van der Waals surface area contributed by atoms with Gasteiger partial charge in [0.25, 0.3) is 0 Å². The summed E-state index contributed by atoms with van der Waals surface area (Å²) < 4.78 is 0. The van der Waals surface area contributed by atoms with E-state index in [2.05, 4.69) is 0 Å². The van der Waals surface area contributed by atoms with Crippen molar-refractivity contribution in [1.29, 1.82) is 0 Å². The van der Waals surface area contributed by atoms with Gasteiger partial charge in [-0.2, -0.15) is 0 Å². The third-order valence-corrected chi connectivity index (χ3v) is 2.66. The highest BCUT2D eigenvalue weighted by atomic mass is 16.4. The SMILES string of the molecule is Cc1ccc(/C=C(\C(=O)O)C2CC2)cc1. The molecule has 0 saturated heterocycles. The number of rotatable bonds is 3. The molecule has 0 amide bonds. The maximum atomic E-state index is 11.0. The van der Waals surface area contributed by atoms with Crippen LogP contribution in [0.3, 0.4) is 0 Å². The predicted molar refractivity (Wildman–Crippen MR) is 59.5 cm³/mol. The van der Waals surface area contributed by atoms with Gasteiger partial charge < -0.3 is 5.11 Å². The van der Waals surface area contributed by atoms with Crippen LogP contribution in [0.25, 0.3) is 6.08 Å². The largest absolute Gasteiger partial charge is 0.478 e. The smallest absolute Gasteiger partial charge is 0.331 e. The van der Waals surface area contributed by atoms with E-state index in [0.29, 0.717) is 5.57 Å². The summed E-state index contributed by atoms with van der Waals surface area (Å²) in [6.07, 6.45) is 3.83. The molecule has 15 heavy (non-hydrogen) atoms. The molecule has 1 aliphatic carbocycles. The summed E-state index contributed by atoms with van der Waals surface area (Å²) >= 11 is 0. The highest BCUT2D eigenvalue weighted by Gasteiger charge is 2.30. The molecule has 0 heterocycles. The van der Waals surface area contributed by atoms with Gasteiger partial charge >= 0.3 is 5.97 Å². The minimum absolute atomic E-state index is 0.281. The lowest BCUT2D eigenvalue weighted by Crippen LogP contribution is -2.01. The third kappa shape index (κ3) is 2.46. The molecule has 0 radical (unpaired) electrons. The van der Waals surface area contributed by atoms with Crippen LogP contribution in [-0.2, 0) is 4.79 Å². The normalized spacial score (nSPS) is 16.5. The molecule has 1 aromatic rings. The fourth-order valence-corrected chi connectivity index (χ4v) is 1.59. The van der Waals surface area contributed by atoms with E-state index in [-0.39, 0.29) is 5.92 Å². The van der Waals surface area contributed by atoms with E-state index in [1.165, 1.54) is 5.56 Å². The molecule has 0 atom stereocenters. The lowest BCUT2D eigenvalue weighted by molar-refractivity contribution is -0.132. The molecule has 0 spiro atoms. The average Bonchev–Trinajstić information content (AvgIpc) is 3.00. The van der Waals surface area contributed by atoms with Crippen LogP contribution in [0.4, 0.5) is 0 Å². The van der Waals surface area contributed by atoms with E-state index in [1.807, 2.05) is 31.2 Å². The number of carboxylic acid groups (broad SMARTS) is 1. The first-order valence-corrected chi connectivity index (χ1v) is 5.18. The summed E-state index contributed by atoms with van der Waals surface area (Å²) in [7, 11) is 0. The van der Waals surface area contributed by atoms with Gasteiger partial charge in [0.1, 0.15) is 0 Å². The van der Waals surface area contributed by atoms with E-state index in [0.717, 1.165) is 18.4 Å². The van der Waals surface area contributed by atoms with Crippen LogP contribution in [0.5, 0.6) is 0 Å². The number of aliphatic carboxylic acids is 1. The zero-order chi connectivity index (χ0) is 10.8. The molecule has 2 rings (SSSR count). The molecule has 1 N–H and O–H groups in total. The first kappa shape index (κ1) is 9.97. The Morgan fingerprint density at radius 2 is 1.93 bits per heavy atom. The maximum Gasteiger partial charge on any atom is 0.331 e. The molecule has 2 heteroatoms. The molecule has 0 aliphatic heterocycles. The maximum absolute atomic E-state index is 11.0. The summed E-state index contributed by atoms with van der Waals surface area (Å²) in [5.41, 5.74) is 2.72. The van der Waals surface area contributed by atoms with Gasteiger partial charge in [-0.05, 0) is 37.3 Å². The number of benzene rings is 1. The fraction of sp³-hybridized carbons (Fsp3) is 0.308. The number of carboxylic acids is 1. The standard InChI is InChI=1S/C13H14O2/c1-9-2-4-10(5-3-9)8-12(13(14)15)11-6-7-11/h2-5,8,11H,6-7H2,1H3,(H,14,15)/b12-8-. The lowest BCUT2D eigenvalue weighted by Gasteiger charge is -2.00. The van der Waals surface area contributed by atoms with Crippen molar-refractivity contribution in [3.8, 4) is 0 Å². The Morgan fingerprint density at radius 1 is 1.33 bits per heavy atom. The quantitative estimate of drug-likeness (QED) is 0.765. The Balaban J connectivity index is 2.26. The number of aryl methyl sites for hydroxylation is 1. The van der Waals surface area contributed by atoms with E-state index >= 15 is 0 Å². The monoisotopic (exact) mass is 202 g/mol. The van der Waals surface area contributed by atoms with Gasteiger partial charge in [0, 0.05) is 5.57 Å². The van der Waals surface area contributed by atoms with Gasteiger partial charge in [-0.3, -0.25) is 0 Å². The summed E-state index contributed by atoms with van der Waals surface area (Å²) in [6.45, 7) is 2.02. The first-order chi connectivity index (χ1) is 7.16. The minimum atomic E-state index is -0.780. The topological polar surface area (TPSA) is 37.3 Å². The van der Waals surface area contributed by atoms with Crippen molar-refractivity contribution >= 4 is 12.0 Å². The summed E-state index contributed by atoms with van der Waals surface area (Å²) in [5.74, 6) is -0.498. The first-order valence-electron chi connectivity index (χ1n) is 5.18. The Hall–Kier alpha value is -1.57. The Bertz CT molecular complexity index is 397. The molecule has 0 bridgehead atoms. The van der Waals surface area contributed by atoms with Crippen molar-refractivity contribution in [2.45, 2.75) is 19.8 Å². The van der Waals surface area contributed by atoms with E-state index in [4.69, 9.17) is 5.11 Å². The summed E-state index contributed by atoms with van der Waals surface area (Å²) in [5, 5.41) is 9.03. The van der Waals surface area contributed by atoms with E-state index < -0.39 is 5.97 Å². The second-order valence-corrected chi connectivity index (χ2v) is 4.09. The molecule has 1 aliphatic rings. The second-order valence-electron chi connectivity index (χ2n) is 4.09. The highest BCUT2D eigenvalue weighted by molar-refractivity contribution is 5.93. The van der Waals surface area contributed by atoms with Gasteiger partial charge in [0.2, 0.25) is 0 Å². The lowest BCUT2D eigenvalue weighted by atomic mass is 10.1. The van der Waals surface area contributed by atoms with Crippen LogP contribution >= 0.6 is 0 Å². The van der Waals surface area contributed by atoms with Crippen LogP contribution < -0.4 is 0 Å². The van der Waals surface area contributed by atoms with Crippen molar-refractivity contribution in [1.82, 2.24) is 0 Å². The van der Waals surface area contributed by atoms with Crippen molar-refractivity contribution in [3.63, 3.8) is 0 Å². The van der Waals surface area contributed by atoms with Crippen LogP contribution in [0, 0.1) is 12.8 Å². The molecule has 0 aromatic heterocycles. The van der Waals surface area contributed by atoms with Gasteiger partial charge in [-0.1, -0.05) is 29.8 Å². The fourth-order valence-electron chi connectivity index (χ4n) is 1.59. The van der Waals surface area contributed by atoms with Crippen molar-refractivity contribution in [3.05, 3.63) is 41.0 Å². The Morgan fingerprint density at radius 3 is 2.40 bits per heavy atom. The van der Waals surface area contributed by atoms with Gasteiger partial charge in [-0.15, -0.1) is 0 Å². The Kier molecular flexibility index (Phi) is 2.58. The summed E-state index contributed by atoms with van der Waals surface area (Å²) in [6, 6.07) is 7.91. The van der Waals surface area contributed by atoms with Gasteiger partial charge in [0.05, 0.1) is 0 Å². The summed E-state index contributed by atoms with van der Waals surface area (Å²) in [4.78, 5) is 11.0. The zero-order valence-corrected chi connectivity index (χ0v) is 8.73. The second kappa shape index (κ2) is 3.89. The molecule has 1 aromatic carbocycles. The van der Waals surface area contributed by atoms with Crippen LogP contribution in [-0.4, -0.2) is 11.1 Å². The molecular formula is C13H14O2. The van der Waals surface area contributed by atoms with Gasteiger partial charge in [0.15, 0.2) is 0 Å². The zero-order valence-electron chi connectivity index (χ0n) is 8.73. The molecular weight excluding hydrogens is 188 g/mol. The molecule has 78 valence electrons. The number of hydrogen-bond donors (Lipinski definition) is 1. The molecule has 1 fully saturated rings. The van der Waals surface area contributed by atoms with Crippen molar-refractivity contribution < 1.29 is 9.90 Å². The Labute approximate surface area is 89.2 Å². The van der Waals surface area contributed by atoms with Crippen molar-refractivity contribution in [2.75, 3.05) is 0 Å². The van der Waals surface area contributed by atoms with E-state index in [1.54, 1.807) is 6.08 Å². The predicted octanol–water partition coefficient (Wildman–Crippen LogP) is 2.87. The molecule has 2 nitrogen and oxygen atoms in total. The van der Waals surface area contributed by atoms with Crippen LogP contribution in [0.1, 0.15) is 24.0 Å². The third-order valence-electron chi connectivity index (χ3n) is 2.66. The minimum Gasteiger partial charge on any atom is -0.478 e. The number of carbonyl (C=O) groups is 1. The number of hydrogen-bond acceptors (Lipinski definition) is 1. The highest BCUT2D eigenvalue weighted by Crippen LogP contribution is 2.37. The van der Waals surface area contributed by atoms with Crippen LogP contribution in [0.2, 0.25) is 0 Å². The average molecular weight is 202 g/mol. The van der Waals surface area contributed by atoms with Gasteiger partial charge in [-0.25, -0.2) is 4.79 Å².